The predicted octanol–water partition coefficient (Wildman–Crippen LogP) is 4.29. The third-order valence-electron chi connectivity index (χ3n) is 5.61. The SMILES string of the molecule is CCN(CC)CCOc1ccc(C(O)(Cc2ccc(OC)cc2)c2ccccn2)cc1. The molecule has 5 heteroatoms. The number of rotatable bonds is 11. The third-order valence-corrected chi connectivity index (χ3v) is 5.61. The quantitative estimate of drug-likeness (QED) is 0.502. The van der Waals surface area contributed by atoms with Crippen LogP contribution in [0.1, 0.15) is 30.7 Å². The van der Waals surface area contributed by atoms with E-state index < -0.39 is 5.60 Å². The van der Waals surface area contributed by atoms with E-state index >= 15 is 0 Å². The average Bonchev–Trinajstić information content (AvgIpc) is 2.83. The van der Waals surface area contributed by atoms with E-state index in [-0.39, 0.29) is 0 Å². The van der Waals surface area contributed by atoms with Gasteiger partial charge in [-0.15, -0.1) is 0 Å². The second-order valence-electron chi connectivity index (χ2n) is 7.50. The normalized spacial score (nSPS) is 13.1. The van der Waals surface area contributed by atoms with Crippen molar-refractivity contribution in [2.24, 2.45) is 0 Å². The molecule has 0 aliphatic carbocycles. The Balaban J connectivity index is 1.80. The lowest BCUT2D eigenvalue weighted by atomic mass is 9.84. The van der Waals surface area contributed by atoms with Gasteiger partial charge in [0.25, 0.3) is 0 Å². The Bertz CT molecular complexity index is 910. The first-order valence-corrected chi connectivity index (χ1v) is 10.8. The third kappa shape index (κ3) is 5.84. The summed E-state index contributed by atoms with van der Waals surface area (Å²) in [5.74, 6) is 1.58. The highest BCUT2D eigenvalue weighted by Gasteiger charge is 2.33. The van der Waals surface area contributed by atoms with Crippen molar-refractivity contribution in [1.29, 1.82) is 0 Å². The number of ether oxygens (including phenoxy) is 2. The van der Waals surface area contributed by atoms with Crippen LogP contribution in [-0.2, 0) is 12.0 Å². The highest BCUT2D eigenvalue weighted by Crippen LogP contribution is 2.33. The molecule has 0 saturated carbocycles. The summed E-state index contributed by atoms with van der Waals surface area (Å²) in [4.78, 5) is 6.78. The van der Waals surface area contributed by atoms with Gasteiger partial charge in [-0.25, -0.2) is 0 Å². The summed E-state index contributed by atoms with van der Waals surface area (Å²) in [6.07, 6.45) is 2.11. The fraction of sp³-hybridized carbons (Fsp3) is 0.346. The molecular weight excluding hydrogens is 388 g/mol. The summed E-state index contributed by atoms with van der Waals surface area (Å²) in [5.41, 5.74) is 1.13. The molecule has 5 nitrogen and oxygen atoms in total. The molecule has 1 unspecified atom stereocenters. The van der Waals surface area contributed by atoms with Crippen LogP contribution in [0.25, 0.3) is 0 Å². The molecule has 0 amide bonds. The number of nitrogens with zero attached hydrogens (tertiary/aromatic N) is 2. The molecule has 0 fully saturated rings. The molecule has 0 saturated heterocycles. The molecule has 164 valence electrons. The standard InChI is InChI=1S/C26H32N2O3/c1-4-28(5-2)18-19-31-24-15-11-22(12-16-24)26(29,25-8-6-7-17-27-25)20-21-9-13-23(30-3)14-10-21/h6-17,29H,4-5,18-20H2,1-3H3. The Kier molecular flexibility index (Phi) is 8.04. The van der Waals surface area contributed by atoms with Crippen LogP contribution < -0.4 is 9.47 Å². The van der Waals surface area contributed by atoms with Gasteiger partial charge in [-0.1, -0.05) is 44.2 Å². The molecule has 1 heterocycles. The highest BCUT2D eigenvalue weighted by molar-refractivity contribution is 5.39. The van der Waals surface area contributed by atoms with Gasteiger partial charge in [-0.05, 0) is 60.6 Å². The molecule has 1 N–H and O–H groups in total. The maximum Gasteiger partial charge on any atom is 0.135 e. The number of methoxy groups -OCH3 is 1. The van der Waals surface area contributed by atoms with Crippen molar-refractivity contribution in [3.05, 3.63) is 89.7 Å². The largest absolute Gasteiger partial charge is 0.497 e. The first-order valence-electron chi connectivity index (χ1n) is 10.8. The van der Waals surface area contributed by atoms with E-state index in [9.17, 15) is 5.11 Å². The van der Waals surface area contributed by atoms with Gasteiger partial charge in [0.1, 0.15) is 23.7 Å². The Morgan fingerprint density at radius 3 is 2.16 bits per heavy atom. The minimum atomic E-state index is -1.25. The van der Waals surface area contributed by atoms with E-state index in [4.69, 9.17) is 9.47 Å². The van der Waals surface area contributed by atoms with Crippen molar-refractivity contribution < 1.29 is 14.6 Å². The summed E-state index contributed by atoms with van der Waals surface area (Å²) in [5, 5.41) is 11.8. The lowest BCUT2D eigenvalue weighted by Gasteiger charge is -2.29. The van der Waals surface area contributed by atoms with E-state index in [1.165, 1.54) is 0 Å². The monoisotopic (exact) mass is 420 g/mol. The van der Waals surface area contributed by atoms with Gasteiger partial charge >= 0.3 is 0 Å². The number of benzene rings is 2. The number of likely N-dealkylation sites (N-methyl/N-ethyl adjacent to an activating group) is 1. The zero-order valence-electron chi connectivity index (χ0n) is 18.6. The van der Waals surface area contributed by atoms with Gasteiger partial charge in [-0.3, -0.25) is 4.98 Å². The lowest BCUT2D eigenvalue weighted by Crippen LogP contribution is -2.31. The molecule has 0 aliphatic heterocycles. The molecule has 1 aromatic heterocycles. The van der Waals surface area contributed by atoms with Gasteiger partial charge < -0.3 is 19.5 Å². The maximum atomic E-state index is 11.8. The van der Waals surface area contributed by atoms with Crippen LogP contribution in [-0.4, -0.2) is 48.3 Å². The topological polar surface area (TPSA) is 54.8 Å². The first kappa shape index (κ1) is 22.8. The zero-order chi connectivity index (χ0) is 22.1. The average molecular weight is 421 g/mol. The van der Waals surface area contributed by atoms with Crippen LogP contribution in [0, 0.1) is 0 Å². The molecule has 3 aromatic rings. The summed E-state index contributed by atoms with van der Waals surface area (Å²) in [6, 6.07) is 21.0. The van der Waals surface area contributed by atoms with E-state index in [2.05, 4.69) is 23.7 Å². The molecule has 0 spiro atoms. The molecule has 0 aliphatic rings. The summed E-state index contributed by atoms with van der Waals surface area (Å²) < 4.78 is 11.2. The van der Waals surface area contributed by atoms with Crippen molar-refractivity contribution in [2.45, 2.75) is 25.9 Å². The maximum absolute atomic E-state index is 11.8. The zero-order valence-corrected chi connectivity index (χ0v) is 18.6. The molecule has 3 rings (SSSR count). The molecule has 1 atom stereocenters. The highest BCUT2D eigenvalue weighted by atomic mass is 16.5. The van der Waals surface area contributed by atoms with Crippen LogP contribution >= 0.6 is 0 Å². The number of hydrogen-bond donors (Lipinski definition) is 1. The predicted molar refractivity (Wildman–Crippen MR) is 124 cm³/mol. The molecular formula is C26H32N2O3. The molecule has 31 heavy (non-hydrogen) atoms. The van der Waals surface area contributed by atoms with Crippen molar-refractivity contribution in [1.82, 2.24) is 9.88 Å². The van der Waals surface area contributed by atoms with Gasteiger partial charge in [-0.2, -0.15) is 0 Å². The Morgan fingerprint density at radius 2 is 1.58 bits per heavy atom. The van der Waals surface area contributed by atoms with Crippen LogP contribution in [0.2, 0.25) is 0 Å². The van der Waals surface area contributed by atoms with Crippen LogP contribution in [0.3, 0.4) is 0 Å². The summed E-state index contributed by atoms with van der Waals surface area (Å²) >= 11 is 0. The summed E-state index contributed by atoms with van der Waals surface area (Å²) in [7, 11) is 1.64. The minimum absolute atomic E-state index is 0.399. The molecule has 0 bridgehead atoms. The van der Waals surface area contributed by atoms with E-state index in [1.807, 2.05) is 66.7 Å². The van der Waals surface area contributed by atoms with Gasteiger partial charge in [0.15, 0.2) is 0 Å². The number of hydrogen-bond acceptors (Lipinski definition) is 5. The number of pyridine rings is 1. The Hall–Kier alpha value is -2.89. The molecule has 2 aromatic carbocycles. The van der Waals surface area contributed by atoms with Gasteiger partial charge in [0, 0.05) is 19.2 Å². The Morgan fingerprint density at radius 1 is 0.903 bits per heavy atom. The fourth-order valence-corrected chi connectivity index (χ4v) is 3.65. The number of aromatic nitrogens is 1. The van der Waals surface area contributed by atoms with E-state index in [0.29, 0.717) is 18.7 Å². The second-order valence-corrected chi connectivity index (χ2v) is 7.50. The smallest absolute Gasteiger partial charge is 0.135 e. The fourth-order valence-electron chi connectivity index (χ4n) is 3.65. The van der Waals surface area contributed by atoms with Gasteiger partial charge in [0.2, 0.25) is 0 Å². The van der Waals surface area contributed by atoms with Crippen molar-refractivity contribution in [3.8, 4) is 11.5 Å². The van der Waals surface area contributed by atoms with Crippen LogP contribution in [0.4, 0.5) is 0 Å². The van der Waals surface area contributed by atoms with Gasteiger partial charge in [0.05, 0.1) is 12.8 Å². The van der Waals surface area contributed by atoms with Crippen molar-refractivity contribution in [3.63, 3.8) is 0 Å². The molecule has 0 radical (unpaired) electrons. The second kappa shape index (κ2) is 10.9. The minimum Gasteiger partial charge on any atom is -0.497 e. The number of aliphatic hydroxyl groups is 1. The van der Waals surface area contributed by atoms with Crippen molar-refractivity contribution >= 4 is 0 Å². The lowest BCUT2D eigenvalue weighted by molar-refractivity contribution is 0.0764. The van der Waals surface area contributed by atoms with Crippen LogP contribution in [0.15, 0.2) is 72.9 Å². The van der Waals surface area contributed by atoms with Crippen LogP contribution in [0.5, 0.6) is 11.5 Å². The van der Waals surface area contributed by atoms with E-state index in [0.717, 1.165) is 42.3 Å². The summed E-state index contributed by atoms with van der Waals surface area (Å²) in [6.45, 7) is 7.86. The Labute approximate surface area is 185 Å². The van der Waals surface area contributed by atoms with E-state index in [1.54, 1.807) is 13.3 Å². The first-order chi connectivity index (χ1) is 15.1. The van der Waals surface area contributed by atoms with Crippen molar-refractivity contribution in [2.75, 3.05) is 33.4 Å².